The molecule has 0 N–H and O–H groups in total. The molecule has 7 heteroatoms. The summed E-state index contributed by atoms with van der Waals surface area (Å²) in [5.74, 6) is 4.17. The third-order valence-corrected chi connectivity index (χ3v) is 9.11. The number of amidine groups is 1. The first-order valence-corrected chi connectivity index (χ1v) is 13.1. The molecule has 6 aliphatic rings. The van der Waals surface area contributed by atoms with E-state index < -0.39 is 5.72 Å². The van der Waals surface area contributed by atoms with Gasteiger partial charge in [0, 0.05) is 49.3 Å². The minimum absolute atomic E-state index is 0.411. The maximum absolute atomic E-state index is 6.61. The number of pyridine rings is 1. The quantitative estimate of drug-likeness (QED) is 0.656. The Morgan fingerprint density at radius 3 is 2.54 bits per heavy atom. The van der Waals surface area contributed by atoms with Gasteiger partial charge in [0.1, 0.15) is 17.2 Å². The number of ether oxygens (including phenoxy) is 2. The second kappa shape index (κ2) is 8.12. The summed E-state index contributed by atoms with van der Waals surface area (Å²) in [4.78, 5) is 16.6. The molecule has 1 spiro atoms. The molecule has 2 atom stereocenters. The third-order valence-electron chi connectivity index (χ3n) is 9.11. The predicted molar refractivity (Wildman–Crippen MR) is 132 cm³/mol. The van der Waals surface area contributed by atoms with Gasteiger partial charge in [0.2, 0.25) is 5.72 Å². The minimum atomic E-state index is -0.411. The molecule has 4 bridgehead atoms. The first-order chi connectivity index (χ1) is 17.2. The van der Waals surface area contributed by atoms with Crippen molar-refractivity contribution in [3.05, 3.63) is 52.8 Å². The predicted octanol–water partition coefficient (Wildman–Crippen LogP) is 3.84. The second-order valence-electron chi connectivity index (χ2n) is 11.0. The van der Waals surface area contributed by atoms with Gasteiger partial charge in [-0.25, -0.2) is 0 Å². The van der Waals surface area contributed by atoms with E-state index in [1.165, 1.54) is 43.4 Å². The summed E-state index contributed by atoms with van der Waals surface area (Å²) in [6, 6.07) is 8.36. The molecule has 0 amide bonds. The Kier molecular flexibility index (Phi) is 4.98. The fourth-order valence-electron chi connectivity index (χ4n) is 7.59. The SMILES string of the molecule is COc1ccc(CN2C(c3cc4c(cn3)CCCC4)=NOC23C2CC4CC3CN(C4)C2)c(OC)c1. The van der Waals surface area contributed by atoms with Crippen LogP contribution in [0.5, 0.6) is 11.5 Å². The Hall–Kier alpha value is -2.80. The van der Waals surface area contributed by atoms with Gasteiger partial charge in [-0.1, -0.05) is 5.16 Å². The summed E-state index contributed by atoms with van der Waals surface area (Å²) >= 11 is 0. The number of aromatic nitrogens is 1. The minimum Gasteiger partial charge on any atom is -0.497 e. The van der Waals surface area contributed by atoms with Gasteiger partial charge in [-0.3, -0.25) is 4.98 Å². The van der Waals surface area contributed by atoms with Crippen LogP contribution in [0.3, 0.4) is 0 Å². The van der Waals surface area contributed by atoms with E-state index in [-0.39, 0.29) is 0 Å². The first kappa shape index (κ1) is 21.5. The number of hydrogen-bond acceptors (Lipinski definition) is 7. The van der Waals surface area contributed by atoms with Crippen LogP contribution in [-0.2, 0) is 24.2 Å². The molecule has 1 saturated carbocycles. The summed E-state index contributed by atoms with van der Waals surface area (Å²) in [6.07, 6.45) is 9.25. The van der Waals surface area contributed by atoms with Crippen molar-refractivity contribution in [3.63, 3.8) is 0 Å². The number of methoxy groups -OCH3 is 2. The number of oxime groups is 1. The zero-order chi connectivity index (χ0) is 23.6. The lowest BCUT2D eigenvalue weighted by Gasteiger charge is -2.61. The lowest BCUT2D eigenvalue weighted by molar-refractivity contribution is -0.252. The molecule has 2 aliphatic carbocycles. The molecule has 35 heavy (non-hydrogen) atoms. The van der Waals surface area contributed by atoms with Crippen molar-refractivity contribution in [1.82, 2.24) is 14.8 Å². The number of hydrogen-bond donors (Lipinski definition) is 0. The zero-order valence-corrected chi connectivity index (χ0v) is 20.7. The normalized spacial score (nSPS) is 32.4. The van der Waals surface area contributed by atoms with Crippen molar-refractivity contribution in [1.29, 1.82) is 0 Å². The summed E-state index contributed by atoms with van der Waals surface area (Å²) in [5, 5.41) is 4.82. The third kappa shape index (κ3) is 3.27. The van der Waals surface area contributed by atoms with E-state index in [9.17, 15) is 0 Å². The maximum atomic E-state index is 6.61. The van der Waals surface area contributed by atoms with Crippen LogP contribution in [0.25, 0.3) is 0 Å². The Balaban J connectivity index is 1.31. The molecular weight excluding hydrogens is 440 g/mol. The van der Waals surface area contributed by atoms with Crippen molar-refractivity contribution in [2.75, 3.05) is 33.9 Å². The number of benzene rings is 1. The monoisotopic (exact) mass is 474 g/mol. The van der Waals surface area contributed by atoms with Crippen LogP contribution < -0.4 is 9.47 Å². The molecule has 4 aliphatic heterocycles. The Morgan fingerprint density at radius 2 is 1.80 bits per heavy atom. The lowest BCUT2D eigenvalue weighted by atomic mass is 9.62. The van der Waals surface area contributed by atoms with Gasteiger partial charge < -0.3 is 24.1 Å². The van der Waals surface area contributed by atoms with E-state index in [1.807, 2.05) is 12.1 Å². The Morgan fingerprint density at radius 1 is 1.00 bits per heavy atom. The van der Waals surface area contributed by atoms with Crippen molar-refractivity contribution in [3.8, 4) is 11.5 Å². The van der Waals surface area contributed by atoms with Gasteiger partial charge in [0.15, 0.2) is 5.84 Å². The van der Waals surface area contributed by atoms with E-state index in [1.54, 1.807) is 14.2 Å². The molecule has 184 valence electrons. The number of piperidine rings is 3. The van der Waals surface area contributed by atoms with Gasteiger partial charge in [0.05, 0.1) is 20.8 Å². The number of aryl methyl sites for hydroxylation is 2. The largest absolute Gasteiger partial charge is 0.497 e. The summed E-state index contributed by atoms with van der Waals surface area (Å²) in [7, 11) is 3.42. The van der Waals surface area contributed by atoms with Crippen LogP contribution in [0, 0.1) is 17.8 Å². The molecule has 0 radical (unpaired) electrons. The van der Waals surface area contributed by atoms with E-state index in [4.69, 9.17) is 24.5 Å². The summed E-state index contributed by atoms with van der Waals surface area (Å²) in [5.41, 5.74) is 4.44. The Bertz CT molecular complexity index is 1150. The Labute approximate surface area is 207 Å². The lowest BCUT2D eigenvalue weighted by Crippen LogP contribution is -2.71. The van der Waals surface area contributed by atoms with E-state index in [2.05, 4.69) is 28.1 Å². The average molecular weight is 475 g/mol. The van der Waals surface area contributed by atoms with Gasteiger partial charge in [-0.15, -0.1) is 0 Å². The van der Waals surface area contributed by atoms with Crippen LogP contribution in [0.1, 0.15) is 48.1 Å². The van der Waals surface area contributed by atoms with Gasteiger partial charge in [0.25, 0.3) is 0 Å². The molecule has 4 fully saturated rings. The molecule has 3 saturated heterocycles. The maximum Gasteiger partial charge on any atom is 0.219 e. The highest BCUT2D eigenvalue weighted by Gasteiger charge is 2.65. The van der Waals surface area contributed by atoms with Crippen LogP contribution in [0.4, 0.5) is 0 Å². The average Bonchev–Trinajstić information content (AvgIpc) is 3.26. The molecular formula is C28H34N4O3. The van der Waals surface area contributed by atoms with E-state index in [0.29, 0.717) is 18.4 Å². The molecule has 5 heterocycles. The molecule has 7 nitrogen and oxygen atoms in total. The highest BCUT2D eigenvalue weighted by Crippen LogP contribution is 2.55. The summed E-state index contributed by atoms with van der Waals surface area (Å²) in [6.45, 7) is 4.09. The van der Waals surface area contributed by atoms with Crippen LogP contribution in [0.15, 0.2) is 35.6 Å². The van der Waals surface area contributed by atoms with Crippen molar-refractivity contribution < 1.29 is 14.3 Å². The smallest absolute Gasteiger partial charge is 0.219 e. The zero-order valence-electron chi connectivity index (χ0n) is 20.7. The van der Waals surface area contributed by atoms with Crippen molar-refractivity contribution >= 4 is 5.84 Å². The highest BCUT2D eigenvalue weighted by atomic mass is 16.7. The molecule has 2 unspecified atom stereocenters. The molecule has 1 aromatic heterocycles. The van der Waals surface area contributed by atoms with E-state index in [0.717, 1.165) is 60.4 Å². The topological polar surface area (TPSA) is 59.4 Å². The van der Waals surface area contributed by atoms with Crippen LogP contribution in [-0.4, -0.2) is 60.2 Å². The van der Waals surface area contributed by atoms with Gasteiger partial charge in [-0.2, -0.15) is 0 Å². The number of fused-ring (bicyclic) bond motifs is 1. The van der Waals surface area contributed by atoms with Crippen LogP contribution in [0.2, 0.25) is 0 Å². The van der Waals surface area contributed by atoms with Crippen LogP contribution >= 0.6 is 0 Å². The fraction of sp³-hybridized carbons (Fsp3) is 0.571. The fourth-order valence-corrected chi connectivity index (χ4v) is 7.59. The van der Waals surface area contributed by atoms with Gasteiger partial charge in [-0.05, 0) is 73.8 Å². The number of nitrogens with zero attached hydrogens (tertiary/aromatic N) is 4. The molecule has 8 rings (SSSR count). The standard InChI is InChI=1S/C28H34N4O3/c1-33-24-8-7-21(26(12-24)34-2)15-32-27(25-11-19-5-3-4-6-20(19)13-29-25)30-35-28(32)22-9-18-10-23(28)17-31(14-18)16-22/h7-8,11-13,18,22-23H,3-6,9-10,14-17H2,1-2H3. The second-order valence-corrected chi connectivity index (χ2v) is 11.0. The first-order valence-electron chi connectivity index (χ1n) is 13.1. The summed E-state index contributed by atoms with van der Waals surface area (Å²) < 4.78 is 11.3. The highest BCUT2D eigenvalue weighted by molar-refractivity contribution is 5.98. The van der Waals surface area contributed by atoms with Crippen molar-refractivity contribution in [2.24, 2.45) is 22.9 Å². The van der Waals surface area contributed by atoms with E-state index >= 15 is 0 Å². The molecule has 2 aromatic rings. The van der Waals surface area contributed by atoms with Crippen molar-refractivity contribution in [2.45, 2.75) is 50.8 Å². The number of rotatable bonds is 5. The molecule has 1 aromatic carbocycles. The van der Waals surface area contributed by atoms with Gasteiger partial charge >= 0.3 is 0 Å².